The van der Waals surface area contributed by atoms with Crippen molar-refractivity contribution in [3.8, 4) is 11.1 Å². The van der Waals surface area contributed by atoms with Gasteiger partial charge in [-0.05, 0) is 5.56 Å². The Morgan fingerprint density at radius 1 is 1.00 bits per heavy atom. The third-order valence-electron chi connectivity index (χ3n) is 1.72. The van der Waals surface area contributed by atoms with Gasteiger partial charge in [0, 0.05) is 17.8 Å². The van der Waals surface area contributed by atoms with Crippen LogP contribution in [0.15, 0.2) is 47.4 Å². The van der Waals surface area contributed by atoms with E-state index in [1.54, 1.807) is 6.20 Å². The molecule has 0 unspecified atom stereocenters. The van der Waals surface area contributed by atoms with E-state index < -0.39 is 0 Å². The fourth-order valence-corrected chi connectivity index (χ4v) is 1.13. The van der Waals surface area contributed by atoms with Crippen LogP contribution in [0.4, 0.5) is 0 Å². The molecule has 2 nitrogen and oxygen atoms in total. The molecule has 0 spiro atoms. The van der Waals surface area contributed by atoms with Gasteiger partial charge in [0.25, 0.3) is 5.56 Å². The number of hydrogen-bond acceptors (Lipinski definition) is 2. The Labute approximate surface area is 69.9 Å². The van der Waals surface area contributed by atoms with Crippen molar-refractivity contribution in [3.63, 3.8) is 0 Å². The molecule has 1 heterocycles. The molecule has 0 aromatic heterocycles. The SMILES string of the molecule is O=c1cc2cccccc-2cn1. The Kier molecular flexibility index (Phi) is 1.59. The molecule has 0 radical (unpaired) electrons. The maximum Gasteiger partial charge on any atom is 0.270 e. The molecule has 0 aromatic carbocycles. The van der Waals surface area contributed by atoms with Crippen LogP contribution in [0, 0.1) is 0 Å². The predicted octanol–water partition coefficient (Wildman–Crippen LogP) is 1.55. The van der Waals surface area contributed by atoms with Gasteiger partial charge in [0.15, 0.2) is 0 Å². The van der Waals surface area contributed by atoms with Gasteiger partial charge in [-0.25, -0.2) is 4.98 Å². The third-order valence-corrected chi connectivity index (χ3v) is 1.72. The summed E-state index contributed by atoms with van der Waals surface area (Å²) in [7, 11) is 0. The molecule has 12 heavy (non-hydrogen) atoms. The smallest absolute Gasteiger partial charge is 0.267 e. The predicted molar refractivity (Wildman–Crippen MR) is 47.1 cm³/mol. The number of rotatable bonds is 0. The normalized spacial score (nSPS) is 10.0. The average molecular weight is 157 g/mol. The van der Waals surface area contributed by atoms with Crippen molar-refractivity contribution in [1.29, 1.82) is 0 Å². The highest BCUT2D eigenvalue weighted by molar-refractivity contribution is 5.61. The zero-order chi connectivity index (χ0) is 8.39. The Morgan fingerprint density at radius 3 is 2.58 bits per heavy atom. The summed E-state index contributed by atoms with van der Waals surface area (Å²) in [4.78, 5) is 14.6. The molecule has 0 bridgehead atoms. The first-order valence-electron chi connectivity index (χ1n) is 3.71. The summed E-state index contributed by atoms with van der Waals surface area (Å²) in [6.45, 7) is 0. The van der Waals surface area contributed by atoms with E-state index in [4.69, 9.17) is 0 Å². The number of pyridine rings is 1. The van der Waals surface area contributed by atoms with Gasteiger partial charge in [-0.3, -0.25) is 4.79 Å². The second-order valence-corrected chi connectivity index (χ2v) is 2.56. The minimum Gasteiger partial charge on any atom is -0.267 e. The van der Waals surface area contributed by atoms with Crippen LogP contribution >= 0.6 is 0 Å². The van der Waals surface area contributed by atoms with E-state index in [1.807, 2.05) is 30.3 Å². The van der Waals surface area contributed by atoms with Crippen molar-refractivity contribution in [3.05, 3.63) is 52.9 Å². The van der Waals surface area contributed by atoms with E-state index in [-0.39, 0.29) is 5.56 Å². The molecule has 0 saturated carbocycles. The number of fused-ring (bicyclic) bond motifs is 1. The molecular formula is C10H7NO. The Morgan fingerprint density at radius 2 is 1.75 bits per heavy atom. The van der Waals surface area contributed by atoms with Crippen molar-refractivity contribution in [1.82, 2.24) is 4.98 Å². The van der Waals surface area contributed by atoms with Gasteiger partial charge in [-0.1, -0.05) is 30.3 Å². The fourth-order valence-electron chi connectivity index (χ4n) is 1.13. The first kappa shape index (κ1) is 6.98. The molecular weight excluding hydrogens is 150 g/mol. The van der Waals surface area contributed by atoms with Crippen molar-refractivity contribution in [2.24, 2.45) is 0 Å². The molecule has 2 aliphatic rings. The maximum absolute atomic E-state index is 10.9. The van der Waals surface area contributed by atoms with Crippen molar-refractivity contribution in [2.45, 2.75) is 0 Å². The van der Waals surface area contributed by atoms with E-state index in [1.165, 1.54) is 6.07 Å². The Bertz CT molecular complexity index is 425. The van der Waals surface area contributed by atoms with Crippen molar-refractivity contribution in [2.75, 3.05) is 0 Å². The summed E-state index contributed by atoms with van der Waals surface area (Å²) in [5, 5.41) is 0. The average Bonchev–Trinajstić information content (AvgIpc) is 2.28. The molecule has 0 amide bonds. The summed E-state index contributed by atoms with van der Waals surface area (Å²) in [5.41, 5.74) is 1.73. The lowest BCUT2D eigenvalue weighted by molar-refractivity contribution is 1.24. The zero-order valence-corrected chi connectivity index (χ0v) is 6.40. The van der Waals surface area contributed by atoms with E-state index in [9.17, 15) is 4.79 Å². The molecule has 0 N–H and O–H groups in total. The zero-order valence-electron chi connectivity index (χ0n) is 6.40. The highest BCUT2D eigenvalue weighted by atomic mass is 16.1. The van der Waals surface area contributed by atoms with Crippen LogP contribution in [0.1, 0.15) is 0 Å². The molecule has 0 atom stereocenters. The Hall–Kier alpha value is -1.70. The van der Waals surface area contributed by atoms with Gasteiger partial charge in [0.1, 0.15) is 0 Å². The second kappa shape index (κ2) is 2.74. The summed E-state index contributed by atoms with van der Waals surface area (Å²) in [5.74, 6) is 0. The van der Waals surface area contributed by atoms with Crippen LogP contribution < -0.4 is 5.56 Å². The summed E-state index contributed by atoms with van der Waals surface area (Å²) >= 11 is 0. The van der Waals surface area contributed by atoms with Crippen LogP contribution in [-0.4, -0.2) is 4.98 Å². The minimum absolute atomic E-state index is 0.186. The highest BCUT2D eigenvalue weighted by Gasteiger charge is 1.97. The van der Waals surface area contributed by atoms with Crippen LogP contribution in [0.2, 0.25) is 0 Å². The summed E-state index contributed by atoms with van der Waals surface area (Å²) in [6.07, 6.45) is 1.59. The lowest BCUT2D eigenvalue weighted by Gasteiger charge is -1.95. The van der Waals surface area contributed by atoms with Crippen LogP contribution in [0.25, 0.3) is 11.1 Å². The van der Waals surface area contributed by atoms with Gasteiger partial charge in [-0.2, -0.15) is 0 Å². The van der Waals surface area contributed by atoms with E-state index >= 15 is 0 Å². The molecule has 2 heteroatoms. The first-order valence-corrected chi connectivity index (χ1v) is 3.71. The van der Waals surface area contributed by atoms with Crippen molar-refractivity contribution < 1.29 is 0 Å². The molecule has 0 fully saturated rings. The molecule has 1 aliphatic carbocycles. The standard InChI is InChI=1S/C10H7NO/c12-10-6-8-4-2-1-3-5-9(8)7-11-10/h1-7H. The summed E-state index contributed by atoms with van der Waals surface area (Å²) < 4.78 is 0. The van der Waals surface area contributed by atoms with Crippen LogP contribution in [-0.2, 0) is 0 Å². The van der Waals surface area contributed by atoms with Gasteiger partial charge >= 0.3 is 0 Å². The van der Waals surface area contributed by atoms with Crippen LogP contribution in [0.5, 0.6) is 0 Å². The van der Waals surface area contributed by atoms with Gasteiger partial charge < -0.3 is 0 Å². The van der Waals surface area contributed by atoms with Gasteiger partial charge in [-0.15, -0.1) is 0 Å². The largest absolute Gasteiger partial charge is 0.270 e. The lowest BCUT2D eigenvalue weighted by Crippen LogP contribution is -2.02. The second-order valence-electron chi connectivity index (χ2n) is 2.56. The van der Waals surface area contributed by atoms with Gasteiger partial charge in [0.05, 0.1) is 0 Å². The monoisotopic (exact) mass is 157 g/mol. The quantitative estimate of drug-likeness (QED) is 0.580. The maximum atomic E-state index is 10.9. The molecule has 1 aliphatic heterocycles. The van der Waals surface area contributed by atoms with Crippen molar-refractivity contribution >= 4 is 0 Å². The van der Waals surface area contributed by atoms with Crippen LogP contribution in [0.3, 0.4) is 0 Å². The fraction of sp³-hybridized carbons (Fsp3) is 0. The molecule has 0 saturated heterocycles. The lowest BCUT2D eigenvalue weighted by atomic mass is 10.1. The topological polar surface area (TPSA) is 30.0 Å². The molecule has 2 rings (SSSR count). The van der Waals surface area contributed by atoms with E-state index in [0.29, 0.717) is 0 Å². The van der Waals surface area contributed by atoms with E-state index in [2.05, 4.69) is 4.98 Å². The molecule has 58 valence electrons. The first-order chi connectivity index (χ1) is 5.86. The van der Waals surface area contributed by atoms with E-state index in [0.717, 1.165) is 11.1 Å². The number of hydrogen-bond donors (Lipinski definition) is 0. The Balaban J connectivity index is 2.82. The summed E-state index contributed by atoms with van der Waals surface area (Å²) in [6, 6.07) is 11.1. The number of aromatic nitrogens is 1. The number of nitrogens with zero attached hydrogens (tertiary/aromatic N) is 1. The minimum atomic E-state index is -0.186. The van der Waals surface area contributed by atoms with Gasteiger partial charge in [0.2, 0.25) is 0 Å². The third kappa shape index (κ3) is 1.19. The highest BCUT2D eigenvalue weighted by Crippen LogP contribution is 2.15. The molecule has 0 aromatic rings.